The molecule has 0 radical (unpaired) electrons. The van der Waals surface area contributed by atoms with Gasteiger partial charge < -0.3 is 62.1 Å². The Bertz CT molecular complexity index is 4360. The third-order valence-electron chi connectivity index (χ3n) is 14.0. The Morgan fingerprint density at radius 3 is 0.876 bits per heavy atom. The molecule has 24 nitrogen and oxygen atoms in total. The van der Waals surface area contributed by atoms with Crippen LogP contribution in [0, 0.1) is 0 Å². The third-order valence-corrected chi connectivity index (χ3v) is 14.0. The molecule has 1 unspecified atom stereocenters. The number of nitrogens with one attached hydrogen (secondary N) is 4. The number of carbonyl (C=O) groups excluding carboxylic acids is 4. The Balaban J connectivity index is 0.965. The number of Topliss-reactive ketones (excluding diaryl/α,β-unsaturated/α-hetero) is 2. The summed E-state index contributed by atoms with van der Waals surface area (Å²) in [4.78, 5) is 152. The highest BCUT2D eigenvalue weighted by Gasteiger charge is 2.33. The van der Waals surface area contributed by atoms with E-state index in [0.717, 1.165) is 42.5 Å². The highest BCUT2D eigenvalue weighted by Crippen LogP contribution is 2.33. The lowest BCUT2D eigenvalue weighted by Crippen LogP contribution is -2.41. The van der Waals surface area contributed by atoms with Crippen molar-refractivity contribution in [3.63, 3.8) is 0 Å². The molecule has 0 spiro atoms. The van der Waals surface area contributed by atoms with Crippen molar-refractivity contribution in [1.82, 2.24) is 0 Å². The van der Waals surface area contributed by atoms with Gasteiger partial charge in [-0.1, -0.05) is 36.4 Å². The molecule has 12 N–H and O–H groups in total. The first-order valence-corrected chi connectivity index (χ1v) is 26.2. The van der Waals surface area contributed by atoms with E-state index in [1.54, 1.807) is 0 Å². The monoisotopic (exact) mass is 1200 g/mol. The summed E-state index contributed by atoms with van der Waals surface area (Å²) in [5.74, 6) is -15.0. The number of benzene rings is 8. The summed E-state index contributed by atoms with van der Waals surface area (Å²) in [7, 11) is 0. The fourth-order valence-corrected chi connectivity index (χ4v) is 9.57. The van der Waals surface area contributed by atoms with E-state index >= 15 is 0 Å². The van der Waals surface area contributed by atoms with Gasteiger partial charge >= 0.3 is 47.8 Å². The van der Waals surface area contributed by atoms with Crippen molar-refractivity contribution in [2.45, 2.75) is 32.4 Å². The Hall–Kier alpha value is -12.6. The fraction of sp³-hybridized carbons (Fsp3) is 0.0769. The molecule has 24 heteroatoms. The Labute approximate surface area is 502 Å². The Morgan fingerprint density at radius 2 is 0.551 bits per heavy atom. The summed E-state index contributed by atoms with van der Waals surface area (Å²) in [6, 6.07) is 32.4. The Morgan fingerprint density at radius 1 is 0.303 bits per heavy atom. The average Bonchev–Trinajstić information content (AvgIpc) is 1.15. The second-order valence-corrected chi connectivity index (χ2v) is 20.4. The minimum atomic E-state index is -1.56. The molecule has 8 rings (SSSR count). The van der Waals surface area contributed by atoms with E-state index in [9.17, 15) is 98.4 Å². The number of amides is 2. The predicted molar refractivity (Wildman–Crippen MR) is 320 cm³/mol. The molecule has 1 atom stereocenters. The first kappa shape index (κ1) is 62.4. The fourth-order valence-electron chi connectivity index (χ4n) is 9.57. The summed E-state index contributed by atoms with van der Waals surface area (Å²) in [6.07, 6.45) is 0. The highest BCUT2D eigenvalue weighted by molar-refractivity contribution is 6.15. The molecule has 0 heterocycles. The van der Waals surface area contributed by atoms with Crippen LogP contribution < -0.4 is 21.3 Å². The van der Waals surface area contributed by atoms with Gasteiger partial charge in [0.05, 0.1) is 67.2 Å². The summed E-state index contributed by atoms with van der Waals surface area (Å²) in [5.41, 5.74) is -4.21. The van der Waals surface area contributed by atoms with E-state index < -0.39 is 122 Å². The van der Waals surface area contributed by atoms with Crippen LogP contribution in [0.5, 0.6) is 0 Å². The molecular weight excluding hydrogens is 1160 g/mol. The van der Waals surface area contributed by atoms with Crippen LogP contribution in [-0.2, 0) is 0 Å². The van der Waals surface area contributed by atoms with Gasteiger partial charge in [0, 0.05) is 33.9 Å². The molecule has 0 bridgehead atoms. The molecule has 448 valence electrons. The van der Waals surface area contributed by atoms with Crippen LogP contribution >= 0.6 is 0 Å². The minimum Gasteiger partial charge on any atom is -0.478 e. The second-order valence-electron chi connectivity index (χ2n) is 20.4. The van der Waals surface area contributed by atoms with E-state index in [0.29, 0.717) is 11.4 Å². The molecule has 0 aliphatic rings. The second kappa shape index (κ2) is 25.3. The van der Waals surface area contributed by atoms with Crippen LogP contribution in [0.25, 0.3) is 33.4 Å². The number of carboxylic acids is 8. The molecule has 89 heavy (non-hydrogen) atoms. The molecule has 0 fully saturated rings. The lowest BCUT2D eigenvalue weighted by molar-refractivity contribution is 0.0651. The van der Waals surface area contributed by atoms with Gasteiger partial charge in [-0.3, -0.25) is 19.2 Å². The normalized spacial score (nSPS) is 11.3. The van der Waals surface area contributed by atoms with Crippen LogP contribution in [0.15, 0.2) is 158 Å². The summed E-state index contributed by atoms with van der Waals surface area (Å²) >= 11 is 0. The zero-order valence-corrected chi connectivity index (χ0v) is 46.6. The maximum atomic E-state index is 14.4. The zero-order valence-electron chi connectivity index (χ0n) is 46.6. The topological polar surface area (TPSA) is 415 Å². The van der Waals surface area contributed by atoms with E-state index in [4.69, 9.17) is 0 Å². The summed E-state index contributed by atoms with van der Waals surface area (Å²) < 4.78 is 0. The van der Waals surface area contributed by atoms with Crippen molar-refractivity contribution in [1.29, 1.82) is 0 Å². The highest BCUT2D eigenvalue weighted by atomic mass is 16.4. The average molecular weight is 1210 g/mol. The first-order valence-electron chi connectivity index (χ1n) is 26.2. The molecule has 0 aromatic heterocycles. The Kier molecular flexibility index (Phi) is 17.8. The van der Waals surface area contributed by atoms with Crippen LogP contribution in [0.1, 0.15) is 145 Å². The van der Waals surface area contributed by atoms with Gasteiger partial charge in [-0.05, 0) is 175 Å². The van der Waals surface area contributed by atoms with Crippen molar-refractivity contribution >= 4 is 93.9 Å². The largest absolute Gasteiger partial charge is 0.478 e. The predicted octanol–water partition coefficient (Wildman–Crippen LogP) is 10.5. The van der Waals surface area contributed by atoms with Crippen molar-refractivity contribution in [2.24, 2.45) is 0 Å². The SMILES string of the molecule is CC(Nc1ccc(NC(=O)c2cc(-c3ccc(C(=O)O)c(C(=O)C(C)(C)Nc4ccc(NC(=O)c5cc(-c6ccc(C(=O)O)c(C(=O)O)c6)ccc5C(=O)O)cc4)c3)ccc2C(=O)O)cc1)C(=O)c1cc(-c2ccc(C(=O)O)c(C(=O)O)c2)ccc1C(=O)O. The lowest BCUT2D eigenvalue weighted by atomic mass is 9.87. The van der Waals surface area contributed by atoms with Gasteiger partial charge in [-0.25, -0.2) is 38.4 Å². The maximum absolute atomic E-state index is 14.4. The first-order chi connectivity index (χ1) is 42.0. The number of hydrogen-bond acceptors (Lipinski definition) is 14. The van der Waals surface area contributed by atoms with Gasteiger partial charge in [0.25, 0.3) is 11.8 Å². The van der Waals surface area contributed by atoms with Gasteiger partial charge in [0.1, 0.15) is 0 Å². The lowest BCUT2D eigenvalue weighted by Gasteiger charge is -2.27. The maximum Gasteiger partial charge on any atom is 0.336 e. The van der Waals surface area contributed by atoms with Crippen molar-refractivity contribution in [2.75, 3.05) is 21.3 Å². The zero-order chi connectivity index (χ0) is 64.9. The summed E-state index contributed by atoms with van der Waals surface area (Å²) in [5, 5.41) is 89.5. The number of hydrogen-bond donors (Lipinski definition) is 12. The van der Waals surface area contributed by atoms with Gasteiger partial charge in [-0.15, -0.1) is 0 Å². The molecule has 0 saturated heterocycles. The molecule has 8 aromatic carbocycles. The van der Waals surface area contributed by atoms with Crippen molar-refractivity contribution in [3.8, 4) is 33.4 Å². The molecule has 2 amide bonds. The number of carbonyl (C=O) groups is 12. The van der Waals surface area contributed by atoms with Gasteiger partial charge in [-0.2, -0.15) is 0 Å². The van der Waals surface area contributed by atoms with Crippen LogP contribution in [0.2, 0.25) is 0 Å². The molecule has 0 saturated carbocycles. The van der Waals surface area contributed by atoms with Crippen LogP contribution in [0.4, 0.5) is 22.7 Å². The quantitative estimate of drug-likeness (QED) is 0.0265. The van der Waals surface area contributed by atoms with E-state index in [2.05, 4.69) is 21.3 Å². The number of ketones is 2. The summed E-state index contributed by atoms with van der Waals surface area (Å²) in [6.45, 7) is 4.39. The molecular formula is C65H48N4O20. The molecule has 0 aliphatic heterocycles. The third kappa shape index (κ3) is 13.7. The van der Waals surface area contributed by atoms with Crippen LogP contribution in [0.3, 0.4) is 0 Å². The number of anilines is 4. The van der Waals surface area contributed by atoms with Crippen molar-refractivity contribution in [3.05, 3.63) is 224 Å². The van der Waals surface area contributed by atoms with E-state index in [1.165, 1.54) is 136 Å². The number of aromatic carboxylic acids is 8. The van der Waals surface area contributed by atoms with Gasteiger partial charge in [0.15, 0.2) is 11.6 Å². The van der Waals surface area contributed by atoms with E-state index in [1.807, 2.05) is 0 Å². The molecule has 0 aliphatic carbocycles. The van der Waals surface area contributed by atoms with E-state index in [-0.39, 0.29) is 72.6 Å². The molecule has 8 aromatic rings. The minimum absolute atomic E-state index is 0.158. The number of carboxylic acid groups (broad SMARTS) is 8. The smallest absolute Gasteiger partial charge is 0.336 e. The van der Waals surface area contributed by atoms with Crippen molar-refractivity contribution < 1.29 is 98.4 Å². The van der Waals surface area contributed by atoms with Gasteiger partial charge in [0.2, 0.25) is 0 Å². The number of rotatable bonds is 23. The van der Waals surface area contributed by atoms with Crippen LogP contribution in [-0.4, -0.2) is 124 Å². The standard InChI is InChI=1S/C65H48N4O20/c1-30(53(70)47-24-31(4-18-41(47)57(74)75)35-8-22-45(61(82)83)51(28-35)63(86)87)66-37-10-12-38(13-11-37)67-55(72)49-26-33(6-20-43(49)59(78)79)32-5-19-42(58(76)77)48(25-32)54(71)65(2,3)69-40-16-14-39(15-17-40)68-56(73)50-27-34(7-21-44(50)60(80)81)36-9-23-46(62(84)85)52(29-36)64(88)89/h4-30,66,69H,1-3H3,(H,67,72)(H,68,73)(H,74,75)(H,76,77)(H,78,79)(H,80,81)(H,82,83)(H,84,85)(H,86,87)(H,88,89).